The molecule has 0 amide bonds. The van der Waals surface area contributed by atoms with Crippen molar-refractivity contribution in [1.82, 2.24) is 15.0 Å². The topological polar surface area (TPSA) is 62.2 Å². The van der Waals surface area contributed by atoms with Crippen LogP contribution in [0.25, 0.3) is 0 Å². The zero-order valence-electron chi connectivity index (χ0n) is 14.2. The number of pyridine rings is 1. The molecule has 3 aliphatic rings. The van der Waals surface area contributed by atoms with Crippen LogP contribution in [0.15, 0.2) is 71.8 Å². The quantitative estimate of drug-likeness (QED) is 0.921. The molecule has 2 aromatic rings. The Kier molecular flexibility index (Phi) is 3.31. The first-order valence-corrected chi connectivity index (χ1v) is 8.36. The third kappa shape index (κ3) is 2.36. The molecule has 1 aromatic heterocycles. The van der Waals surface area contributed by atoms with Crippen LogP contribution in [0.2, 0.25) is 0 Å². The van der Waals surface area contributed by atoms with Crippen LogP contribution in [0.4, 0.5) is 5.69 Å². The van der Waals surface area contributed by atoms with Crippen molar-refractivity contribution in [3.63, 3.8) is 0 Å². The lowest BCUT2D eigenvalue weighted by molar-refractivity contribution is 0.0825. The van der Waals surface area contributed by atoms with Gasteiger partial charge < -0.3 is 14.8 Å². The lowest BCUT2D eigenvalue weighted by Gasteiger charge is -2.36. The summed E-state index contributed by atoms with van der Waals surface area (Å²) in [6.07, 6.45) is 7.56. The molecule has 0 aliphatic carbocycles. The summed E-state index contributed by atoms with van der Waals surface area (Å²) >= 11 is 0. The number of nitrogens with one attached hydrogen (secondary N) is 1. The predicted octanol–water partition coefficient (Wildman–Crippen LogP) is 2.57. The molecule has 1 N–H and O–H groups in total. The summed E-state index contributed by atoms with van der Waals surface area (Å²) in [4.78, 5) is 9.30. The summed E-state index contributed by atoms with van der Waals surface area (Å²) in [6.45, 7) is 0.259. The summed E-state index contributed by atoms with van der Waals surface area (Å²) < 4.78 is 10.9. The van der Waals surface area contributed by atoms with E-state index in [0.29, 0.717) is 0 Å². The van der Waals surface area contributed by atoms with Crippen LogP contribution in [0.3, 0.4) is 0 Å². The normalized spacial score (nSPS) is 20.0. The number of benzene rings is 1. The minimum Gasteiger partial charge on any atom is -0.454 e. The maximum Gasteiger partial charge on any atom is 0.231 e. The van der Waals surface area contributed by atoms with Gasteiger partial charge in [-0.1, -0.05) is 6.07 Å². The number of anilines is 1. The fourth-order valence-electron chi connectivity index (χ4n) is 3.25. The number of ether oxygens (including phenoxy) is 2. The van der Waals surface area contributed by atoms with E-state index in [4.69, 9.17) is 14.5 Å². The van der Waals surface area contributed by atoms with E-state index in [0.717, 1.165) is 34.4 Å². The van der Waals surface area contributed by atoms with E-state index in [1.807, 2.05) is 66.8 Å². The highest BCUT2D eigenvalue weighted by Gasteiger charge is 2.36. The van der Waals surface area contributed by atoms with Crippen molar-refractivity contribution in [3.8, 4) is 11.5 Å². The van der Waals surface area contributed by atoms with Crippen LogP contribution >= 0.6 is 0 Å². The van der Waals surface area contributed by atoms with Gasteiger partial charge in [-0.25, -0.2) is 10.0 Å². The maximum atomic E-state index is 5.49. The molecule has 0 saturated carbocycles. The molecule has 1 aromatic carbocycles. The van der Waals surface area contributed by atoms with Crippen LogP contribution in [0.5, 0.6) is 11.5 Å². The minimum atomic E-state index is -0.188. The summed E-state index contributed by atoms with van der Waals surface area (Å²) in [5.41, 5.74) is 2.63. The van der Waals surface area contributed by atoms with Crippen molar-refractivity contribution in [2.24, 2.45) is 4.99 Å². The number of nitrogens with zero attached hydrogens (tertiary/aromatic N) is 4. The van der Waals surface area contributed by atoms with Crippen molar-refractivity contribution in [1.29, 1.82) is 0 Å². The number of aromatic nitrogens is 1. The molecule has 3 aliphatic heterocycles. The molecular weight excluding hydrogens is 330 g/mol. The Hall–Kier alpha value is -3.48. The maximum absolute atomic E-state index is 5.49. The minimum absolute atomic E-state index is 0.188. The molecule has 0 saturated heterocycles. The zero-order valence-corrected chi connectivity index (χ0v) is 14.2. The van der Waals surface area contributed by atoms with Crippen molar-refractivity contribution in [3.05, 3.63) is 72.5 Å². The van der Waals surface area contributed by atoms with Crippen molar-refractivity contribution in [2.45, 2.75) is 6.17 Å². The molecule has 1 atom stereocenters. The Morgan fingerprint density at radius 2 is 2.08 bits per heavy atom. The third-order valence-corrected chi connectivity index (χ3v) is 4.46. The molecule has 1 unspecified atom stereocenters. The number of hydrazine groups is 1. The van der Waals surface area contributed by atoms with Gasteiger partial charge in [0, 0.05) is 31.2 Å². The summed E-state index contributed by atoms with van der Waals surface area (Å²) in [5.74, 6) is 2.38. The largest absolute Gasteiger partial charge is 0.454 e. The Morgan fingerprint density at radius 1 is 1.15 bits per heavy atom. The Labute approximate surface area is 150 Å². The van der Waals surface area contributed by atoms with E-state index in [-0.39, 0.29) is 13.0 Å². The molecule has 4 heterocycles. The first-order chi connectivity index (χ1) is 12.8. The van der Waals surface area contributed by atoms with E-state index < -0.39 is 0 Å². The SMILES string of the molecule is CN1C=CC=C2N=C(c3ccccn3)C(Nc3ccc4c(c3)OCO4)N21. The van der Waals surface area contributed by atoms with Crippen molar-refractivity contribution < 1.29 is 9.47 Å². The monoisotopic (exact) mass is 347 g/mol. The molecule has 5 rings (SSSR count). The highest BCUT2D eigenvalue weighted by atomic mass is 16.7. The average Bonchev–Trinajstić information content (AvgIpc) is 3.28. The number of fused-ring (bicyclic) bond motifs is 2. The molecule has 0 spiro atoms. The van der Waals surface area contributed by atoms with E-state index in [1.54, 1.807) is 6.20 Å². The van der Waals surface area contributed by atoms with Crippen molar-refractivity contribution in [2.75, 3.05) is 19.2 Å². The van der Waals surface area contributed by atoms with Gasteiger partial charge in [0.05, 0.1) is 5.69 Å². The third-order valence-electron chi connectivity index (χ3n) is 4.46. The van der Waals surface area contributed by atoms with Gasteiger partial charge in [-0.15, -0.1) is 0 Å². The molecular formula is C19H17N5O2. The van der Waals surface area contributed by atoms with Crippen LogP contribution < -0.4 is 14.8 Å². The molecule has 7 nitrogen and oxygen atoms in total. The van der Waals surface area contributed by atoms with Gasteiger partial charge in [0.2, 0.25) is 6.79 Å². The average molecular weight is 347 g/mol. The highest BCUT2D eigenvalue weighted by Crippen LogP contribution is 2.36. The van der Waals surface area contributed by atoms with Crippen LogP contribution in [0, 0.1) is 0 Å². The summed E-state index contributed by atoms with van der Waals surface area (Å²) in [6, 6.07) is 11.7. The standard InChI is InChI=1S/C19H17N5O2/c1-23-10-4-6-17-22-18(14-5-2-3-9-20-14)19(24(17)23)21-13-7-8-15-16(11-13)26-12-25-15/h2-11,19,21H,12H2,1H3. The zero-order chi connectivity index (χ0) is 17.5. The van der Waals surface area contributed by atoms with Crippen LogP contribution in [-0.2, 0) is 0 Å². The van der Waals surface area contributed by atoms with Gasteiger partial charge in [0.1, 0.15) is 11.5 Å². The van der Waals surface area contributed by atoms with Gasteiger partial charge >= 0.3 is 0 Å². The smallest absolute Gasteiger partial charge is 0.231 e. The van der Waals surface area contributed by atoms with Crippen LogP contribution in [0.1, 0.15) is 5.69 Å². The molecule has 26 heavy (non-hydrogen) atoms. The lowest BCUT2D eigenvalue weighted by Crippen LogP contribution is -2.48. The summed E-state index contributed by atoms with van der Waals surface area (Å²) in [5, 5.41) is 7.66. The Morgan fingerprint density at radius 3 is 2.96 bits per heavy atom. The number of hydrogen-bond acceptors (Lipinski definition) is 7. The second-order valence-electron chi connectivity index (χ2n) is 6.11. The predicted molar refractivity (Wildman–Crippen MR) is 97.6 cm³/mol. The summed E-state index contributed by atoms with van der Waals surface area (Å²) in [7, 11) is 1.99. The Bertz CT molecular complexity index is 938. The van der Waals surface area contributed by atoms with E-state index in [2.05, 4.69) is 15.3 Å². The molecule has 130 valence electrons. The Balaban J connectivity index is 1.52. The fraction of sp³-hybridized carbons (Fsp3) is 0.158. The van der Waals surface area contributed by atoms with E-state index >= 15 is 0 Å². The second kappa shape index (κ2) is 5.80. The number of hydrogen-bond donors (Lipinski definition) is 1. The van der Waals surface area contributed by atoms with Gasteiger partial charge in [-0.2, -0.15) is 0 Å². The molecule has 0 radical (unpaired) electrons. The number of allylic oxidation sites excluding steroid dienone is 2. The van der Waals surface area contributed by atoms with E-state index in [1.165, 1.54) is 0 Å². The number of rotatable bonds is 3. The lowest BCUT2D eigenvalue weighted by atomic mass is 10.2. The molecule has 0 bridgehead atoms. The molecule has 7 heteroatoms. The van der Waals surface area contributed by atoms with Gasteiger partial charge in [0.15, 0.2) is 17.7 Å². The molecule has 0 fully saturated rings. The highest BCUT2D eigenvalue weighted by molar-refractivity contribution is 6.06. The first-order valence-electron chi connectivity index (χ1n) is 8.36. The van der Waals surface area contributed by atoms with Crippen molar-refractivity contribution >= 4 is 11.4 Å². The van der Waals surface area contributed by atoms with Crippen LogP contribution in [-0.4, -0.2) is 40.7 Å². The van der Waals surface area contributed by atoms with Gasteiger partial charge in [-0.05, 0) is 36.4 Å². The van der Waals surface area contributed by atoms with E-state index in [9.17, 15) is 0 Å². The first kappa shape index (κ1) is 14.8. The van der Waals surface area contributed by atoms with Gasteiger partial charge in [-0.3, -0.25) is 9.99 Å². The van der Waals surface area contributed by atoms with Gasteiger partial charge in [0.25, 0.3) is 0 Å². The number of aliphatic imine (C=N–C) groups is 1. The fourth-order valence-corrected chi connectivity index (χ4v) is 3.25. The second-order valence-corrected chi connectivity index (χ2v) is 6.11.